The van der Waals surface area contributed by atoms with Crippen LogP contribution in [0.15, 0.2) is 0 Å². The van der Waals surface area contributed by atoms with Gasteiger partial charge in [-0.1, -0.05) is 13.8 Å². The van der Waals surface area contributed by atoms with E-state index < -0.39 is 20.5 Å². The van der Waals surface area contributed by atoms with Gasteiger partial charge in [-0.05, 0) is 18.8 Å². The normalized spacial score (nSPS) is 30.7. The van der Waals surface area contributed by atoms with Crippen LogP contribution in [0.3, 0.4) is 0 Å². The van der Waals surface area contributed by atoms with E-state index in [-0.39, 0.29) is 24.9 Å². The first-order valence-corrected chi connectivity index (χ1v) is 7.06. The van der Waals surface area contributed by atoms with E-state index in [0.717, 1.165) is 0 Å². The van der Waals surface area contributed by atoms with E-state index in [2.05, 4.69) is 0 Å². The van der Waals surface area contributed by atoms with Crippen molar-refractivity contribution < 1.29 is 18.6 Å². The second-order valence-electron chi connectivity index (χ2n) is 4.59. The topological polar surface area (TPSA) is 74.6 Å². The fraction of sp³-hybridized carbons (Fsp3) is 1.00. The summed E-state index contributed by atoms with van der Waals surface area (Å²) in [6.45, 7) is 3.26. The van der Waals surface area contributed by atoms with Crippen LogP contribution in [0.2, 0.25) is 0 Å². The van der Waals surface area contributed by atoms with Crippen LogP contribution in [0.25, 0.3) is 0 Å². The van der Waals surface area contributed by atoms with Crippen LogP contribution >= 0.6 is 0 Å². The lowest BCUT2D eigenvalue weighted by Gasteiger charge is -2.28. The van der Waals surface area contributed by atoms with Gasteiger partial charge in [-0.3, -0.25) is 0 Å². The quantitative estimate of drug-likeness (QED) is 0.731. The van der Waals surface area contributed by atoms with Crippen molar-refractivity contribution in [3.05, 3.63) is 0 Å². The standard InChI is InChI=1S/C10H20O4S/c1-3-15(13,14)9-4-8(2)10(5-9,6-11)7-12/h8-9,11-12H,3-7H2,1-2H3. The van der Waals surface area contributed by atoms with Gasteiger partial charge in [0.1, 0.15) is 0 Å². The predicted octanol–water partition coefficient (Wildman–Crippen LogP) is 0.191. The third-order valence-electron chi connectivity index (χ3n) is 3.84. The van der Waals surface area contributed by atoms with E-state index >= 15 is 0 Å². The number of aliphatic hydroxyl groups is 2. The van der Waals surface area contributed by atoms with Crippen LogP contribution < -0.4 is 0 Å². The first-order chi connectivity index (χ1) is 6.91. The first kappa shape index (κ1) is 12.9. The maximum Gasteiger partial charge on any atom is 0.152 e. The number of hydrogen-bond donors (Lipinski definition) is 2. The zero-order valence-corrected chi connectivity index (χ0v) is 10.1. The number of sulfone groups is 1. The monoisotopic (exact) mass is 236 g/mol. The third-order valence-corrected chi connectivity index (χ3v) is 6.02. The Bertz CT molecular complexity index is 305. The molecule has 1 aliphatic carbocycles. The minimum atomic E-state index is -3.04. The van der Waals surface area contributed by atoms with Crippen LogP contribution in [0.5, 0.6) is 0 Å². The number of aliphatic hydroxyl groups excluding tert-OH is 2. The fourth-order valence-electron chi connectivity index (χ4n) is 2.38. The molecule has 1 aliphatic rings. The molecule has 1 fully saturated rings. The van der Waals surface area contributed by atoms with Crippen molar-refractivity contribution in [2.24, 2.45) is 11.3 Å². The van der Waals surface area contributed by atoms with Crippen LogP contribution in [-0.2, 0) is 9.84 Å². The molecule has 1 saturated carbocycles. The third kappa shape index (κ3) is 2.19. The van der Waals surface area contributed by atoms with Gasteiger partial charge in [0.2, 0.25) is 0 Å². The zero-order valence-electron chi connectivity index (χ0n) is 9.31. The maximum atomic E-state index is 11.7. The van der Waals surface area contributed by atoms with E-state index in [1.165, 1.54) is 0 Å². The van der Waals surface area contributed by atoms with Crippen molar-refractivity contribution in [1.29, 1.82) is 0 Å². The number of hydrogen-bond acceptors (Lipinski definition) is 4. The van der Waals surface area contributed by atoms with Crippen LogP contribution in [0.1, 0.15) is 26.7 Å². The Balaban J connectivity index is 2.89. The smallest absolute Gasteiger partial charge is 0.152 e. The highest BCUT2D eigenvalue weighted by atomic mass is 32.2. The van der Waals surface area contributed by atoms with Crippen LogP contribution in [0, 0.1) is 11.3 Å². The molecule has 0 radical (unpaired) electrons. The van der Waals surface area contributed by atoms with Crippen molar-refractivity contribution in [3.8, 4) is 0 Å². The Morgan fingerprint density at radius 3 is 2.20 bits per heavy atom. The van der Waals surface area contributed by atoms with Gasteiger partial charge in [0, 0.05) is 11.2 Å². The predicted molar refractivity (Wildman–Crippen MR) is 58.3 cm³/mol. The Hall–Kier alpha value is -0.130. The van der Waals surface area contributed by atoms with Crippen molar-refractivity contribution in [2.75, 3.05) is 19.0 Å². The van der Waals surface area contributed by atoms with Crippen LogP contribution in [0.4, 0.5) is 0 Å². The molecule has 0 aromatic rings. The molecule has 90 valence electrons. The summed E-state index contributed by atoms with van der Waals surface area (Å²) in [5.74, 6) is 0.191. The van der Waals surface area contributed by atoms with Gasteiger partial charge in [-0.2, -0.15) is 0 Å². The van der Waals surface area contributed by atoms with Gasteiger partial charge >= 0.3 is 0 Å². The van der Waals surface area contributed by atoms with E-state index in [9.17, 15) is 18.6 Å². The van der Waals surface area contributed by atoms with Crippen molar-refractivity contribution in [1.82, 2.24) is 0 Å². The molecule has 0 spiro atoms. The summed E-state index contributed by atoms with van der Waals surface area (Å²) in [5, 5.41) is 18.2. The Morgan fingerprint density at radius 2 is 1.87 bits per heavy atom. The average molecular weight is 236 g/mol. The molecule has 4 nitrogen and oxygen atoms in total. The van der Waals surface area contributed by atoms with E-state index in [1.807, 2.05) is 6.92 Å². The van der Waals surface area contributed by atoms with E-state index in [0.29, 0.717) is 12.8 Å². The molecule has 0 heterocycles. The molecule has 0 amide bonds. The zero-order chi connectivity index (χ0) is 11.7. The molecule has 0 bridgehead atoms. The van der Waals surface area contributed by atoms with Gasteiger partial charge in [0.15, 0.2) is 9.84 Å². The van der Waals surface area contributed by atoms with Gasteiger partial charge in [-0.15, -0.1) is 0 Å². The summed E-state index contributed by atoms with van der Waals surface area (Å²) in [4.78, 5) is 0. The molecule has 0 aliphatic heterocycles. The highest BCUT2D eigenvalue weighted by molar-refractivity contribution is 7.92. The molecular formula is C10H20O4S. The van der Waals surface area contributed by atoms with E-state index in [1.54, 1.807) is 6.92 Å². The molecule has 5 heteroatoms. The van der Waals surface area contributed by atoms with Gasteiger partial charge in [-0.25, -0.2) is 8.42 Å². The Morgan fingerprint density at radius 1 is 1.33 bits per heavy atom. The summed E-state index contributed by atoms with van der Waals surface area (Å²) in [7, 11) is -3.04. The van der Waals surface area contributed by atoms with Crippen LogP contribution in [-0.4, -0.2) is 42.8 Å². The SMILES string of the molecule is CCS(=O)(=O)C1CC(C)C(CO)(CO)C1. The minimum Gasteiger partial charge on any atom is -0.396 e. The summed E-state index contributed by atoms with van der Waals surface area (Å²) >= 11 is 0. The minimum absolute atomic E-state index is 0.0545. The lowest BCUT2D eigenvalue weighted by molar-refractivity contribution is 0.0287. The van der Waals surface area contributed by atoms with E-state index in [4.69, 9.17) is 0 Å². The molecular weight excluding hydrogens is 216 g/mol. The van der Waals surface area contributed by atoms with Gasteiger partial charge in [0.25, 0.3) is 0 Å². The lowest BCUT2D eigenvalue weighted by atomic mass is 9.80. The Labute approximate surface area is 91.2 Å². The molecule has 0 aromatic carbocycles. The highest BCUT2D eigenvalue weighted by Gasteiger charge is 2.47. The second kappa shape index (κ2) is 4.39. The highest BCUT2D eigenvalue weighted by Crippen LogP contribution is 2.45. The number of rotatable bonds is 4. The second-order valence-corrected chi connectivity index (χ2v) is 7.16. The molecule has 1 rings (SSSR count). The Kier molecular flexibility index (Phi) is 3.79. The summed E-state index contributed by atoms with van der Waals surface area (Å²) < 4.78 is 23.4. The fourth-order valence-corrected chi connectivity index (χ4v) is 4.02. The molecule has 2 unspecified atom stereocenters. The largest absolute Gasteiger partial charge is 0.396 e. The molecule has 0 saturated heterocycles. The molecule has 15 heavy (non-hydrogen) atoms. The van der Waals surface area contributed by atoms with Crippen molar-refractivity contribution in [2.45, 2.75) is 31.9 Å². The first-order valence-electron chi connectivity index (χ1n) is 5.35. The summed E-state index contributed by atoms with van der Waals surface area (Å²) in [6, 6.07) is 0. The lowest BCUT2D eigenvalue weighted by Crippen LogP contribution is -2.33. The molecule has 2 N–H and O–H groups in total. The molecule has 0 aromatic heterocycles. The van der Waals surface area contributed by atoms with Crippen molar-refractivity contribution >= 4 is 9.84 Å². The van der Waals surface area contributed by atoms with Crippen molar-refractivity contribution in [3.63, 3.8) is 0 Å². The average Bonchev–Trinajstić information content (AvgIpc) is 2.57. The summed E-state index contributed by atoms with van der Waals surface area (Å²) in [5.41, 5.74) is -0.604. The maximum absolute atomic E-state index is 11.7. The summed E-state index contributed by atoms with van der Waals surface area (Å²) in [6.07, 6.45) is 0.939. The van der Waals surface area contributed by atoms with Gasteiger partial charge in [0.05, 0.1) is 18.5 Å². The molecule has 2 atom stereocenters. The van der Waals surface area contributed by atoms with Gasteiger partial charge < -0.3 is 10.2 Å².